The number of halogens is 1. The average Bonchev–Trinajstić information content (AvgIpc) is 2.97. The Kier molecular flexibility index (Phi) is 5.06. The van der Waals surface area contributed by atoms with Gasteiger partial charge in [-0.2, -0.15) is 0 Å². The predicted octanol–water partition coefficient (Wildman–Crippen LogP) is 2.04. The monoisotopic (exact) mass is 352 g/mol. The Labute approximate surface area is 134 Å². The Hall–Kier alpha value is -0.750. The van der Waals surface area contributed by atoms with Crippen molar-refractivity contribution in [2.75, 3.05) is 45.9 Å². The van der Waals surface area contributed by atoms with E-state index in [1.165, 1.54) is 0 Å². The van der Waals surface area contributed by atoms with Crippen LogP contribution in [-0.2, 0) is 4.74 Å². The first kappa shape index (κ1) is 15.2. The van der Waals surface area contributed by atoms with Crippen molar-refractivity contribution in [1.29, 1.82) is 0 Å². The topological polar surface area (TPSA) is 32.8 Å². The number of Topliss-reactive ketones (excluding diaryl/α,β-unsaturated/α-hetero) is 1. The van der Waals surface area contributed by atoms with Crippen molar-refractivity contribution in [2.24, 2.45) is 0 Å². The molecule has 2 aliphatic rings. The maximum Gasteiger partial charge on any atom is 0.176 e. The van der Waals surface area contributed by atoms with Crippen LogP contribution in [0.1, 0.15) is 16.8 Å². The van der Waals surface area contributed by atoms with Crippen LogP contribution in [0.5, 0.6) is 0 Å². The van der Waals surface area contributed by atoms with E-state index in [0.717, 1.165) is 55.8 Å². The highest BCUT2D eigenvalue weighted by Gasteiger charge is 2.29. The molecule has 2 saturated heterocycles. The van der Waals surface area contributed by atoms with Gasteiger partial charge in [-0.25, -0.2) is 0 Å². The van der Waals surface area contributed by atoms with Crippen LogP contribution in [0, 0.1) is 0 Å². The summed E-state index contributed by atoms with van der Waals surface area (Å²) in [5.74, 6) is 0.213. The highest BCUT2D eigenvalue weighted by Crippen LogP contribution is 2.18. The third-order valence-electron chi connectivity index (χ3n) is 4.34. The second kappa shape index (κ2) is 7.01. The minimum Gasteiger partial charge on any atom is -0.379 e. The van der Waals surface area contributed by atoms with Gasteiger partial charge in [0, 0.05) is 42.3 Å². The summed E-state index contributed by atoms with van der Waals surface area (Å²) in [6.07, 6.45) is 1.16. The molecule has 0 aliphatic carbocycles. The van der Waals surface area contributed by atoms with Crippen LogP contribution in [0.15, 0.2) is 28.7 Å². The molecular weight excluding hydrogens is 332 g/mol. The van der Waals surface area contributed by atoms with E-state index >= 15 is 0 Å². The maximum atomic E-state index is 12.3. The van der Waals surface area contributed by atoms with Crippen LogP contribution in [-0.4, -0.2) is 67.6 Å². The van der Waals surface area contributed by atoms with E-state index < -0.39 is 0 Å². The third-order valence-corrected chi connectivity index (χ3v) is 4.87. The molecule has 0 saturated carbocycles. The molecule has 0 bridgehead atoms. The molecule has 21 heavy (non-hydrogen) atoms. The minimum absolute atomic E-state index is 0.213. The molecule has 1 atom stereocenters. The van der Waals surface area contributed by atoms with Crippen LogP contribution in [0.2, 0.25) is 0 Å². The molecule has 1 unspecified atom stereocenters. The summed E-state index contributed by atoms with van der Waals surface area (Å²) < 4.78 is 6.41. The first-order valence-corrected chi connectivity index (χ1v) is 8.34. The fourth-order valence-corrected chi connectivity index (χ4v) is 3.39. The van der Waals surface area contributed by atoms with E-state index in [4.69, 9.17) is 4.74 Å². The third kappa shape index (κ3) is 3.92. The molecule has 1 aromatic rings. The molecule has 2 aliphatic heterocycles. The van der Waals surface area contributed by atoms with E-state index in [9.17, 15) is 4.79 Å². The molecule has 2 fully saturated rings. The van der Waals surface area contributed by atoms with E-state index in [0.29, 0.717) is 12.6 Å². The van der Waals surface area contributed by atoms with Gasteiger partial charge in [0.1, 0.15) is 0 Å². The van der Waals surface area contributed by atoms with Gasteiger partial charge in [0.05, 0.1) is 19.8 Å². The number of ketones is 1. The van der Waals surface area contributed by atoms with Crippen LogP contribution in [0.25, 0.3) is 0 Å². The lowest BCUT2D eigenvalue weighted by molar-refractivity contribution is 0.0185. The second-order valence-corrected chi connectivity index (χ2v) is 6.67. The minimum atomic E-state index is 0.213. The van der Waals surface area contributed by atoms with E-state index in [2.05, 4.69) is 25.7 Å². The van der Waals surface area contributed by atoms with E-state index in [-0.39, 0.29) is 5.78 Å². The molecule has 5 heteroatoms. The fraction of sp³-hybridized carbons (Fsp3) is 0.562. The van der Waals surface area contributed by atoms with Crippen LogP contribution in [0.4, 0.5) is 0 Å². The number of hydrogen-bond acceptors (Lipinski definition) is 4. The Balaban J connectivity index is 1.52. The highest BCUT2D eigenvalue weighted by molar-refractivity contribution is 9.10. The number of benzene rings is 1. The largest absolute Gasteiger partial charge is 0.379 e. The fourth-order valence-electron chi connectivity index (χ4n) is 3.13. The number of morpholine rings is 1. The van der Waals surface area contributed by atoms with Crippen LogP contribution in [0.3, 0.4) is 0 Å². The number of rotatable bonds is 4. The summed E-state index contributed by atoms with van der Waals surface area (Å²) in [6, 6.07) is 8.22. The summed E-state index contributed by atoms with van der Waals surface area (Å²) in [7, 11) is 0. The van der Waals surface area contributed by atoms with Gasteiger partial charge in [0.25, 0.3) is 0 Å². The standard InChI is InChI=1S/C16H21BrN2O2/c17-14-3-1-13(2-4-14)16(20)12-18-6-5-15(11-18)19-7-9-21-10-8-19/h1-4,15H,5-12H2. The lowest BCUT2D eigenvalue weighted by atomic mass is 10.1. The first-order valence-electron chi connectivity index (χ1n) is 7.55. The molecule has 3 rings (SSSR count). The van der Waals surface area contributed by atoms with Gasteiger partial charge in [-0.15, -0.1) is 0 Å². The molecule has 0 spiro atoms. The normalized spacial score (nSPS) is 24.3. The van der Waals surface area contributed by atoms with Gasteiger partial charge in [0.15, 0.2) is 5.78 Å². The molecule has 0 radical (unpaired) electrons. The summed E-state index contributed by atoms with van der Waals surface area (Å²) >= 11 is 3.40. The lowest BCUT2D eigenvalue weighted by Gasteiger charge is -2.32. The SMILES string of the molecule is O=C(CN1CCC(N2CCOCC2)C1)c1ccc(Br)cc1. The van der Waals surface area contributed by atoms with Gasteiger partial charge >= 0.3 is 0 Å². The number of carbonyl (C=O) groups excluding carboxylic acids is 1. The summed E-state index contributed by atoms with van der Waals surface area (Å²) in [5.41, 5.74) is 0.799. The van der Waals surface area contributed by atoms with Crippen molar-refractivity contribution < 1.29 is 9.53 Å². The first-order chi connectivity index (χ1) is 10.2. The Bertz CT molecular complexity index is 486. The van der Waals surface area contributed by atoms with Crippen molar-refractivity contribution in [1.82, 2.24) is 9.80 Å². The molecule has 1 aromatic carbocycles. The zero-order valence-corrected chi connectivity index (χ0v) is 13.7. The van der Waals surface area contributed by atoms with Crippen molar-refractivity contribution in [2.45, 2.75) is 12.5 Å². The summed E-state index contributed by atoms with van der Waals surface area (Å²) in [5, 5.41) is 0. The van der Waals surface area contributed by atoms with Crippen LogP contribution >= 0.6 is 15.9 Å². The van der Waals surface area contributed by atoms with E-state index in [1.807, 2.05) is 24.3 Å². The molecule has 2 heterocycles. The molecule has 0 aromatic heterocycles. The van der Waals surface area contributed by atoms with Gasteiger partial charge in [0.2, 0.25) is 0 Å². The number of carbonyl (C=O) groups is 1. The smallest absolute Gasteiger partial charge is 0.176 e. The predicted molar refractivity (Wildman–Crippen MR) is 85.7 cm³/mol. The molecular formula is C16H21BrN2O2. The number of likely N-dealkylation sites (tertiary alicyclic amines) is 1. The molecule has 0 N–H and O–H groups in total. The number of ether oxygens (including phenoxy) is 1. The van der Waals surface area contributed by atoms with Crippen LogP contribution < -0.4 is 0 Å². The maximum absolute atomic E-state index is 12.3. The average molecular weight is 353 g/mol. The van der Waals surface area contributed by atoms with Crippen molar-refractivity contribution in [3.05, 3.63) is 34.3 Å². The zero-order chi connectivity index (χ0) is 14.7. The number of hydrogen-bond donors (Lipinski definition) is 0. The summed E-state index contributed by atoms with van der Waals surface area (Å²) in [6.45, 7) is 6.29. The Morgan fingerprint density at radius 1 is 1.19 bits per heavy atom. The molecule has 4 nitrogen and oxygen atoms in total. The van der Waals surface area contributed by atoms with Gasteiger partial charge in [-0.3, -0.25) is 14.6 Å². The summed E-state index contributed by atoms with van der Waals surface area (Å²) in [4.78, 5) is 17.1. The number of nitrogens with zero attached hydrogens (tertiary/aromatic N) is 2. The van der Waals surface area contributed by atoms with Gasteiger partial charge in [-0.05, 0) is 18.6 Å². The van der Waals surface area contributed by atoms with Gasteiger partial charge < -0.3 is 4.74 Å². The zero-order valence-electron chi connectivity index (χ0n) is 12.1. The van der Waals surface area contributed by atoms with Crippen molar-refractivity contribution in [3.8, 4) is 0 Å². The lowest BCUT2D eigenvalue weighted by Crippen LogP contribution is -2.45. The molecule has 114 valence electrons. The van der Waals surface area contributed by atoms with Crippen molar-refractivity contribution >= 4 is 21.7 Å². The Morgan fingerprint density at radius 3 is 2.62 bits per heavy atom. The van der Waals surface area contributed by atoms with Gasteiger partial charge in [-0.1, -0.05) is 28.1 Å². The van der Waals surface area contributed by atoms with E-state index in [1.54, 1.807) is 0 Å². The highest BCUT2D eigenvalue weighted by atomic mass is 79.9. The molecule has 0 amide bonds. The quantitative estimate of drug-likeness (QED) is 0.776. The Morgan fingerprint density at radius 2 is 1.90 bits per heavy atom. The van der Waals surface area contributed by atoms with Crippen molar-refractivity contribution in [3.63, 3.8) is 0 Å². The second-order valence-electron chi connectivity index (χ2n) is 5.76.